The fourth-order valence-electron chi connectivity index (χ4n) is 12.6. The second-order valence-corrected chi connectivity index (χ2v) is 74.7. The number of carbonyl (C=O) groups is 1. The van der Waals surface area contributed by atoms with Crippen LogP contribution in [0.4, 0.5) is 13.2 Å². The molecular weight excluding hydrogens is 2160 g/mol. The second kappa shape index (κ2) is 57.8. The van der Waals surface area contributed by atoms with Gasteiger partial charge < -0.3 is 9.29 Å². The molecular formula is C110H122BrF3O5P4PdSSn3. The van der Waals surface area contributed by atoms with Crippen LogP contribution in [0.15, 0.2) is 405 Å². The first-order valence-corrected chi connectivity index (χ1v) is 76.3. The third-order valence-corrected chi connectivity index (χ3v) is 36.0. The molecule has 0 amide bonds. The number of hydrogen-bond acceptors (Lipinski definition) is 4. The quantitative estimate of drug-likeness (QED) is 0.0451. The van der Waals surface area contributed by atoms with E-state index >= 15 is 0 Å². The summed E-state index contributed by atoms with van der Waals surface area (Å²) in [4.78, 5) is 32.3. The van der Waals surface area contributed by atoms with Gasteiger partial charge in [-0.1, -0.05) is 387 Å². The van der Waals surface area contributed by atoms with Gasteiger partial charge in [0.25, 0.3) is 0 Å². The number of alkyl halides is 3. The van der Waals surface area contributed by atoms with Crippen molar-refractivity contribution in [3.05, 3.63) is 455 Å². The van der Waals surface area contributed by atoms with Gasteiger partial charge in [-0.05, 0) is 182 Å². The summed E-state index contributed by atoms with van der Waals surface area (Å²) in [6, 6.07) is 140. The van der Waals surface area contributed by atoms with Crippen LogP contribution in [-0.4, -0.2) is 82.9 Å². The summed E-state index contributed by atoms with van der Waals surface area (Å²) >= 11 is 0.388. The van der Waals surface area contributed by atoms with Crippen molar-refractivity contribution in [2.75, 3.05) is 0 Å². The van der Waals surface area contributed by atoms with E-state index in [9.17, 15) is 26.4 Å². The number of halogens is 4. The minimum absolute atomic E-state index is 0. The van der Waals surface area contributed by atoms with Gasteiger partial charge in [0.05, 0.1) is 5.56 Å². The van der Waals surface area contributed by atoms with E-state index in [1.807, 2.05) is 0 Å². The number of rotatable bonds is 16. The largest absolute Gasteiger partial charge is 0.0622 e. The van der Waals surface area contributed by atoms with E-state index in [2.05, 4.69) is 461 Å². The normalized spacial score (nSPS) is 10.6. The zero-order valence-corrected chi connectivity index (χ0v) is 91.8. The Morgan fingerprint density at radius 1 is 0.320 bits per heavy atom. The minimum Gasteiger partial charge on any atom is -0.0622 e. The van der Waals surface area contributed by atoms with Crippen molar-refractivity contribution in [1.82, 2.24) is 0 Å². The van der Waals surface area contributed by atoms with Gasteiger partial charge in [-0.3, -0.25) is 0 Å². The Kier molecular flexibility index (Phi) is 50.1. The first-order valence-electron chi connectivity index (χ1n) is 41.7. The van der Waals surface area contributed by atoms with Gasteiger partial charge in [0.2, 0.25) is 0 Å². The Morgan fingerprint density at radius 2 is 0.477 bits per heavy atom. The maximum atomic E-state index is 12.1. The first kappa shape index (κ1) is 111. The SMILES string of the molecule is C.Cc1c[c]([Sn]([CH3])([CH3])[CH3])cc(C)c1C.Cc1cc(Br)cc(C)c1C(=O)O.Cc1cc(OS(=O)(=O)C(F)(F)F)cc(C)c1C.[CH3][Sn]([CH3])[CH3].[CH3][Sn]([CH3])[CH3].[Pd].c1ccc(P(c2ccccc2)c2ccccc2)cc1.c1ccc(P(c2ccccc2)c2ccccc2)cc1.c1ccc(P(c2ccccc2)c2ccccc2)cc1.c1ccc(P(c2ccccc2)c2ccccc2)cc1. The first-order chi connectivity index (χ1) is 60.1. The van der Waals surface area contributed by atoms with Crippen LogP contribution in [-0.2, 0) is 30.5 Å². The molecule has 15 aromatic rings. The molecule has 0 fully saturated rings. The monoisotopic (exact) mass is 2280 g/mol. The smallest absolute Gasteiger partial charge is 0 e. The van der Waals surface area contributed by atoms with Gasteiger partial charge in [0.1, 0.15) is 5.75 Å². The van der Waals surface area contributed by atoms with Gasteiger partial charge >= 0.3 is 177 Å². The topological polar surface area (TPSA) is 80.7 Å². The number of carboxylic acids is 1. The van der Waals surface area contributed by atoms with Crippen LogP contribution < -0.4 is 71.4 Å². The molecule has 0 saturated heterocycles. The van der Waals surface area contributed by atoms with Crippen molar-refractivity contribution in [2.24, 2.45) is 0 Å². The Bertz CT molecular complexity index is 4850. The van der Waals surface area contributed by atoms with Crippen LogP contribution in [0.1, 0.15) is 62.3 Å². The Balaban J connectivity index is 0.000000262. The van der Waals surface area contributed by atoms with Crippen LogP contribution in [0.2, 0.25) is 44.5 Å². The average molecular weight is 2280 g/mol. The predicted molar refractivity (Wildman–Crippen MR) is 564 cm³/mol. The van der Waals surface area contributed by atoms with Crippen molar-refractivity contribution in [3.8, 4) is 5.75 Å². The van der Waals surface area contributed by atoms with Crippen LogP contribution in [0.5, 0.6) is 5.75 Å². The summed E-state index contributed by atoms with van der Waals surface area (Å²) in [5.74, 6) is -1.19. The number of aryl methyl sites for hydroxylation is 6. The minimum atomic E-state index is -5.60. The third kappa shape index (κ3) is 37.7. The van der Waals surface area contributed by atoms with E-state index in [0.29, 0.717) is 16.7 Å². The predicted octanol–water partition coefficient (Wildman–Crippen LogP) is 25.9. The van der Waals surface area contributed by atoms with Crippen LogP contribution in [0, 0.1) is 55.4 Å². The molecule has 0 spiro atoms. The van der Waals surface area contributed by atoms with E-state index in [0.717, 1.165) is 21.2 Å². The van der Waals surface area contributed by atoms with Crippen LogP contribution in [0.3, 0.4) is 0 Å². The number of hydrogen-bond donors (Lipinski definition) is 1. The summed E-state index contributed by atoms with van der Waals surface area (Å²) in [6.07, 6.45) is 0. The third-order valence-electron chi connectivity index (χ3n) is 19.1. The van der Waals surface area contributed by atoms with E-state index < -0.39 is 111 Å². The fourth-order valence-corrected chi connectivity index (χ4v) is 26.7. The Hall–Kier alpha value is -7.43. The van der Waals surface area contributed by atoms with E-state index in [-0.39, 0.29) is 33.6 Å². The molecule has 0 aromatic heterocycles. The zero-order chi connectivity index (χ0) is 91.8. The second-order valence-electron chi connectivity index (χ2n) is 31.7. The molecule has 5 nitrogen and oxygen atoms in total. The van der Waals surface area contributed by atoms with E-state index in [1.54, 1.807) is 50.3 Å². The molecule has 0 aliphatic carbocycles. The molecule has 0 atom stereocenters. The number of aromatic carboxylic acids is 1. The van der Waals surface area contributed by atoms with E-state index in [1.165, 1.54) is 92.5 Å². The van der Waals surface area contributed by atoms with Crippen LogP contribution >= 0.6 is 47.6 Å². The molecule has 18 heteroatoms. The molecule has 0 aliphatic heterocycles. The standard InChI is InChI=1S/4C18H15P.C10H11F3O3S.C9H9BrO2.C9H11.CH4.9CH3.Pd.3Sn/c4*1-4-10-16(11-5-1)19(17-12-6-2-7-13-17)18-14-8-3-9-15-18;1-6-4-9(5-7(2)8(6)3)16-17(14,15)10(11,12)13;1-5-3-7(10)4-6(2)8(5)9(11)12;1-7-5-4-6-8(2)9(7)3;;;;;;;;;;;;;;/h4*1-15H;4-5H,1-3H3;3-4H,1-2H3,(H,11,12);5-6H,1-3H3;1H4;9*1H3;;;;. The Morgan fingerprint density at radius 3 is 0.617 bits per heavy atom. The van der Waals surface area contributed by atoms with Crippen molar-refractivity contribution in [3.63, 3.8) is 0 Å². The maximum Gasteiger partial charge on any atom is 0 e. The van der Waals surface area contributed by atoms with Crippen molar-refractivity contribution in [2.45, 2.75) is 113 Å². The van der Waals surface area contributed by atoms with Crippen molar-refractivity contribution in [1.29, 1.82) is 0 Å². The summed E-state index contributed by atoms with van der Waals surface area (Å²) in [5, 5.41) is 25.6. The molecule has 668 valence electrons. The molecule has 2 radical (unpaired) electrons. The van der Waals surface area contributed by atoms with Gasteiger partial charge in [-0.15, -0.1) is 0 Å². The fraction of sp³-hybridized carbons (Fsp3) is 0.173. The molecule has 0 bridgehead atoms. The average Bonchev–Trinajstić information content (AvgIpc) is 0.613. The van der Waals surface area contributed by atoms with Gasteiger partial charge in [0.15, 0.2) is 0 Å². The van der Waals surface area contributed by atoms with Gasteiger partial charge in [-0.25, -0.2) is 4.79 Å². The number of carboxylic acid groups (broad SMARTS) is 1. The molecule has 0 unspecified atom stereocenters. The maximum absolute atomic E-state index is 12.1. The molecule has 15 aromatic carbocycles. The summed E-state index contributed by atoms with van der Waals surface area (Å²) < 4.78 is 64.4. The summed E-state index contributed by atoms with van der Waals surface area (Å²) in [6.45, 7) is 15.4. The summed E-state index contributed by atoms with van der Waals surface area (Å²) in [7, 11) is -7.38. The number of benzene rings is 15. The molecule has 0 saturated carbocycles. The van der Waals surface area contributed by atoms with Crippen LogP contribution in [0.25, 0.3) is 0 Å². The zero-order valence-electron chi connectivity index (χ0n) is 75.7. The molecule has 128 heavy (non-hydrogen) atoms. The van der Waals surface area contributed by atoms with Gasteiger partial charge in [-0.2, -0.15) is 21.6 Å². The Labute approximate surface area is 809 Å². The molecule has 15 rings (SSSR count). The molecule has 1 N–H and O–H groups in total. The van der Waals surface area contributed by atoms with E-state index in [4.69, 9.17) is 5.11 Å². The van der Waals surface area contributed by atoms with Crippen molar-refractivity contribution >= 4 is 189 Å². The van der Waals surface area contributed by atoms with Crippen molar-refractivity contribution < 1.29 is 56.1 Å². The summed E-state index contributed by atoms with van der Waals surface area (Å²) in [5.41, 5.74) is 3.14. The molecule has 0 heterocycles. The molecule has 0 aliphatic rings. The van der Waals surface area contributed by atoms with Gasteiger partial charge in [0, 0.05) is 24.9 Å².